The first-order chi connectivity index (χ1) is 16.8. The van der Waals surface area contributed by atoms with Crippen LogP contribution in [0, 0.1) is 5.82 Å². The van der Waals surface area contributed by atoms with Crippen LogP contribution in [-0.2, 0) is 11.2 Å². The lowest BCUT2D eigenvalue weighted by Crippen LogP contribution is -2.23. The summed E-state index contributed by atoms with van der Waals surface area (Å²) >= 11 is 0. The molecule has 0 saturated heterocycles. The summed E-state index contributed by atoms with van der Waals surface area (Å²) in [4.78, 5) is 32.7. The zero-order valence-electron chi connectivity index (χ0n) is 19.8. The number of anilines is 1. The standard InChI is InChI=1S/C27H28FN3O4/c1-17(32)18-4-6-19(7-5-18)26-29-16-24(28)27(30-26)31(2)12-3-13-35-22-10-11-23-20(14-22)8-9-21(23)15-25(33)34/h4-7,10-11,14,16,21H,3,8-9,12-13,15H2,1-2H3,(H,33,34)/t21-/m0/s1. The van der Waals surface area contributed by atoms with Crippen LogP contribution in [0.3, 0.4) is 0 Å². The van der Waals surface area contributed by atoms with E-state index in [0.29, 0.717) is 36.5 Å². The van der Waals surface area contributed by atoms with Crippen molar-refractivity contribution < 1.29 is 23.8 Å². The largest absolute Gasteiger partial charge is 0.494 e. The molecule has 1 aromatic heterocycles. The maximum absolute atomic E-state index is 14.4. The Balaban J connectivity index is 1.33. The number of ether oxygens (including phenoxy) is 1. The van der Waals surface area contributed by atoms with Gasteiger partial charge in [0, 0.05) is 24.7 Å². The van der Waals surface area contributed by atoms with Gasteiger partial charge in [-0.2, -0.15) is 0 Å². The number of hydrogen-bond acceptors (Lipinski definition) is 6. The van der Waals surface area contributed by atoms with Crippen molar-refractivity contribution in [2.45, 2.75) is 38.5 Å². The second-order valence-corrected chi connectivity index (χ2v) is 8.82. The van der Waals surface area contributed by atoms with E-state index in [1.165, 1.54) is 6.92 Å². The summed E-state index contributed by atoms with van der Waals surface area (Å²) in [5, 5.41) is 9.07. The number of hydrogen-bond donors (Lipinski definition) is 1. The van der Waals surface area contributed by atoms with Crippen LogP contribution in [0.4, 0.5) is 10.2 Å². The number of carboxylic acid groups (broad SMARTS) is 1. The molecule has 3 aromatic rings. The number of carbonyl (C=O) groups is 2. The maximum Gasteiger partial charge on any atom is 0.303 e. The van der Waals surface area contributed by atoms with Gasteiger partial charge in [-0.3, -0.25) is 9.59 Å². The number of benzene rings is 2. The summed E-state index contributed by atoms with van der Waals surface area (Å²) in [6, 6.07) is 12.8. The molecule has 0 bridgehead atoms. The summed E-state index contributed by atoms with van der Waals surface area (Å²) < 4.78 is 20.3. The quantitative estimate of drug-likeness (QED) is 0.328. The predicted molar refractivity (Wildman–Crippen MR) is 131 cm³/mol. The first kappa shape index (κ1) is 24.3. The Morgan fingerprint density at radius 2 is 1.97 bits per heavy atom. The van der Waals surface area contributed by atoms with Crippen molar-refractivity contribution in [1.82, 2.24) is 9.97 Å². The molecule has 0 amide bonds. The number of aromatic nitrogens is 2. The van der Waals surface area contributed by atoms with E-state index < -0.39 is 11.8 Å². The maximum atomic E-state index is 14.4. The molecular weight excluding hydrogens is 449 g/mol. The molecular formula is C27H28FN3O4. The second kappa shape index (κ2) is 10.6. The van der Waals surface area contributed by atoms with E-state index in [1.807, 2.05) is 18.2 Å². The van der Waals surface area contributed by atoms with Gasteiger partial charge in [-0.15, -0.1) is 0 Å². The Labute approximate surface area is 203 Å². The van der Waals surface area contributed by atoms with Crippen LogP contribution >= 0.6 is 0 Å². The Morgan fingerprint density at radius 1 is 1.20 bits per heavy atom. The number of ketones is 1. The highest BCUT2D eigenvalue weighted by atomic mass is 19.1. The van der Waals surface area contributed by atoms with Crippen LogP contribution in [0.2, 0.25) is 0 Å². The molecule has 8 heteroatoms. The van der Waals surface area contributed by atoms with E-state index in [2.05, 4.69) is 9.97 Å². The van der Waals surface area contributed by atoms with Crippen LogP contribution in [0.25, 0.3) is 11.4 Å². The van der Waals surface area contributed by atoms with Gasteiger partial charge in [0.25, 0.3) is 0 Å². The van der Waals surface area contributed by atoms with Crippen molar-refractivity contribution in [2.75, 3.05) is 25.1 Å². The molecule has 2 aromatic carbocycles. The lowest BCUT2D eigenvalue weighted by molar-refractivity contribution is -0.137. The molecule has 1 heterocycles. The molecule has 1 N–H and O–H groups in total. The van der Waals surface area contributed by atoms with Crippen LogP contribution in [0.15, 0.2) is 48.7 Å². The molecule has 0 saturated carbocycles. The number of Topliss-reactive ketones (excluding diaryl/α,β-unsaturated/α-hetero) is 1. The normalized spacial score (nSPS) is 14.4. The Bertz CT molecular complexity index is 1230. The number of halogens is 1. The SMILES string of the molecule is CC(=O)c1ccc(-c2ncc(F)c(N(C)CCCOc3ccc4c(c3)CC[C@H]4CC(=O)O)n2)cc1. The topological polar surface area (TPSA) is 92.6 Å². The number of fused-ring (bicyclic) bond motifs is 1. The van der Waals surface area contributed by atoms with E-state index in [-0.39, 0.29) is 23.9 Å². The van der Waals surface area contributed by atoms with Crippen LogP contribution in [-0.4, -0.2) is 47.0 Å². The zero-order chi connectivity index (χ0) is 24.9. The highest BCUT2D eigenvalue weighted by Gasteiger charge is 2.25. The molecule has 0 radical (unpaired) electrons. The van der Waals surface area contributed by atoms with Gasteiger partial charge in [-0.1, -0.05) is 30.3 Å². The molecule has 1 aliphatic rings. The molecule has 1 aliphatic carbocycles. The fraction of sp³-hybridized carbons (Fsp3) is 0.333. The number of carbonyl (C=O) groups excluding carboxylic acids is 1. The van der Waals surface area contributed by atoms with Crippen molar-refractivity contribution in [3.05, 3.63) is 71.2 Å². The molecule has 0 spiro atoms. The lowest BCUT2D eigenvalue weighted by Gasteiger charge is -2.19. The first-order valence-corrected chi connectivity index (χ1v) is 11.6. The van der Waals surface area contributed by atoms with Crippen molar-refractivity contribution in [3.63, 3.8) is 0 Å². The summed E-state index contributed by atoms with van der Waals surface area (Å²) in [6.07, 6.45) is 3.68. The minimum Gasteiger partial charge on any atom is -0.494 e. The number of carboxylic acids is 1. The van der Waals surface area contributed by atoms with Gasteiger partial charge in [-0.05, 0) is 55.4 Å². The number of aryl methyl sites for hydroxylation is 1. The van der Waals surface area contributed by atoms with Gasteiger partial charge >= 0.3 is 5.97 Å². The zero-order valence-corrected chi connectivity index (χ0v) is 19.8. The van der Waals surface area contributed by atoms with E-state index in [4.69, 9.17) is 9.84 Å². The Morgan fingerprint density at radius 3 is 2.69 bits per heavy atom. The molecule has 0 fully saturated rings. The molecule has 0 aliphatic heterocycles. The van der Waals surface area contributed by atoms with Gasteiger partial charge < -0.3 is 14.7 Å². The van der Waals surface area contributed by atoms with Crippen molar-refractivity contribution in [2.24, 2.45) is 0 Å². The summed E-state index contributed by atoms with van der Waals surface area (Å²) in [6.45, 7) is 2.48. The van der Waals surface area contributed by atoms with Crippen molar-refractivity contribution in [1.29, 1.82) is 0 Å². The third-order valence-corrected chi connectivity index (χ3v) is 6.28. The van der Waals surface area contributed by atoms with Gasteiger partial charge in [0.05, 0.1) is 19.2 Å². The molecule has 35 heavy (non-hydrogen) atoms. The van der Waals surface area contributed by atoms with Crippen LogP contribution in [0.5, 0.6) is 5.75 Å². The van der Waals surface area contributed by atoms with E-state index in [0.717, 1.165) is 35.9 Å². The first-order valence-electron chi connectivity index (χ1n) is 11.6. The molecule has 4 rings (SSSR count). The average molecular weight is 478 g/mol. The Kier molecular flexibility index (Phi) is 7.39. The molecule has 7 nitrogen and oxygen atoms in total. The van der Waals surface area contributed by atoms with Gasteiger partial charge in [-0.25, -0.2) is 14.4 Å². The van der Waals surface area contributed by atoms with E-state index >= 15 is 0 Å². The third kappa shape index (κ3) is 5.82. The minimum atomic E-state index is -0.773. The summed E-state index contributed by atoms with van der Waals surface area (Å²) in [5.74, 6) is 0.113. The number of aliphatic carboxylic acids is 1. The van der Waals surface area contributed by atoms with Gasteiger partial charge in [0.2, 0.25) is 0 Å². The van der Waals surface area contributed by atoms with Crippen LogP contribution < -0.4 is 9.64 Å². The van der Waals surface area contributed by atoms with Crippen molar-refractivity contribution >= 4 is 17.6 Å². The number of nitrogens with zero attached hydrogens (tertiary/aromatic N) is 3. The Hall–Kier alpha value is -3.81. The lowest BCUT2D eigenvalue weighted by atomic mass is 9.98. The fourth-order valence-electron chi connectivity index (χ4n) is 4.41. The fourth-order valence-corrected chi connectivity index (χ4v) is 4.41. The van der Waals surface area contributed by atoms with Gasteiger partial charge in [0.1, 0.15) is 5.75 Å². The third-order valence-electron chi connectivity index (χ3n) is 6.28. The summed E-state index contributed by atoms with van der Waals surface area (Å²) in [7, 11) is 1.77. The van der Waals surface area contributed by atoms with E-state index in [9.17, 15) is 14.0 Å². The summed E-state index contributed by atoms with van der Waals surface area (Å²) in [5.41, 5.74) is 3.55. The number of rotatable bonds is 10. The molecule has 0 unspecified atom stereocenters. The highest BCUT2D eigenvalue weighted by molar-refractivity contribution is 5.94. The van der Waals surface area contributed by atoms with E-state index in [1.54, 1.807) is 36.2 Å². The highest BCUT2D eigenvalue weighted by Crippen LogP contribution is 2.37. The monoisotopic (exact) mass is 477 g/mol. The van der Waals surface area contributed by atoms with Crippen LogP contribution in [0.1, 0.15) is 53.6 Å². The minimum absolute atomic E-state index is 0.0264. The van der Waals surface area contributed by atoms with Crippen molar-refractivity contribution in [3.8, 4) is 17.1 Å². The molecule has 1 atom stereocenters. The molecule has 182 valence electrons. The average Bonchev–Trinajstić information content (AvgIpc) is 3.23. The smallest absolute Gasteiger partial charge is 0.303 e. The predicted octanol–water partition coefficient (Wildman–Crippen LogP) is 4.90. The van der Waals surface area contributed by atoms with Gasteiger partial charge in [0.15, 0.2) is 23.2 Å². The second-order valence-electron chi connectivity index (χ2n) is 8.82.